The first kappa shape index (κ1) is 34.7. The van der Waals surface area contributed by atoms with Gasteiger partial charge in [0.05, 0.1) is 22.4 Å². The summed E-state index contributed by atoms with van der Waals surface area (Å²) in [6, 6.07) is 59.8. The second-order valence-electron chi connectivity index (χ2n) is 16.4. The fraction of sp³-hybridized carbons (Fsp3) is 0.132. The van der Waals surface area contributed by atoms with Crippen molar-refractivity contribution in [3.8, 4) is 11.1 Å². The molecule has 0 saturated heterocycles. The molecule has 0 atom stereocenters. The number of nitrogens with two attached hydrogens (primary N) is 1. The van der Waals surface area contributed by atoms with Crippen molar-refractivity contribution < 1.29 is 0 Å². The molecule has 10 rings (SSSR count). The van der Waals surface area contributed by atoms with Crippen molar-refractivity contribution in [1.29, 1.82) is 0 Å². The van der Waals surface area contributed by atoms with Gasteiger partial charge < -0.3 is 20.1 Å². The van der Waals surface area contributed by atoms with Crippen molar-refractivity contribution in [3.05, 3.63) is 198 Å². The van der Waals surface area contributed by atoms with Crippen molar-refractivity contribution in [2.24, 2.45) is 5.73 Å². The Morgan fingerprint density at radius 3 is 1.82 bits per heavy atom. The minimum absolute atomic E-state index is 0.221. The van der Waals surface area contributed by atoms with E-state index in [9.17, 15) is 0 Å². The summed E-state index contributed by atoms with van der Waals surface area (Å²) in [5, 5.41) is 2.49. The Balaban J connectivity index is 1.10. The number of allylic oxidation sites excluding steroid dienone is 3. The number of aromatic nitrogens is 1. The second kappa shape index (κ2) is 12.9. The minimum Gasteiger partial charge on any atom is -0.404 e. The van der Waals surface area contributed by atoms with Gasteiger partial charge in [-0.2, -0.15) is 0 Å². The largest absolute Gasteiger partial charge is 0.404 e. The Kier molecular flexibility index (Phi) is 7.85. The van der Waals surface area contributed by atoms with E-state index in [2.05, 4.69) is 219 Å². The van der Waals surface area contributed by atoms with Crippen LogP contribution in [0.3, 0.4) is 0 Å². The van der Waals surface area contributed by atoms with Crippen molar-refractivity contribution >= 4 is 61.6 Å². The number of benzene rings is 7. The van der Waals surface area contributed by atoms with Crippen molar-refractivity contribution in [3.63, 3.8) is 0 Å². The topological polar surface area (TPSA) is 37.4 Å². The molecule has 0 aliphatic carbocycles. The van der Waals surface area contributed by atoms with Gasteiger partial charge in [0.2, 0.25) is 0 Å². The van der Waals surface area contributed by atoms with Crippen LogP contribution in [0, 0.1) is 0 Å². The Morgan fingerprint density at radius 2 is 1.14 bits per heavy atom. The maximum Gasteiger partial charge on any atom is 0.0581 e. The monoisotopic (exact) mass is 738 g/mol. The molecular weight excluding hydrogens is 693 g/mol. The van der Waals surface area contributed by atoms with Gasteiger partial charge in [0.1, 0.15) is 0 Å². The highest BCUT2D eigenvalue weighted by molar-refractivity contribution is 6.14. The van der Waals surface area contributed by atoms with Gasteiger partial charge >= 0.3 is 0 Å². The molecule has 2 aliphatic rings. The van der Waals surface area contributed by atoms with Gasteiger partial charge in [-0.3, -0.25) is 0 Å². The maximum atomic E-state index is 6.36. The Hall–Kier alpha value is -6.78. The molecule has 0 saturated carbocycles. The van der Waals surface area contributed by atoms with E-state index in [1.165, 1.54) is 61.0 Å². The van der Waals surface area contributed by atoms with E-state index in [0.717, 1.165) is 34.0 Å². The van der Waals surface area contributed by atoms with Crippen LogP contribution in [0.2, 0.25) is 0 Å². The number of rotatable bonds is 5. The summed E-state index contributed by atoms with van der Waals surface area (Å²) in [7, 11) is 0. The average Bonchev–Trinajstić information content (AvgIpc) is 3.57. The summed E-state index contributed by atoms with van der Waals surface area (Å²) in [6.07, 6.45) is 4.00. The fourth-order valence-corrected chi connectivity index (χ4v) is 9.68. The van der Waals surface area contributed by atoms with Gasteiger partial charge in [0, 0.05) is 61.8 Å². The molecule has 1 aromatic heterocycles. The van der Waals surface area contributed by atoms with E-state index in [0.29, 0.717) is 0 Å². The molecule has 2 N–H and O–H groups in total. The highest BCUT2D eigenvalue weighted by Crippen LogP contribution is 2.54. The molecule has 57 heavy (non-hydrogen) atoms. The molecule has 3 heterocycles. The molecule has 278 valence electrons. The van der Waals surface area contributed by atoms with Gasteiger partial charge in [0.15, 0.2) is 0 Å². The maximum absolute atomic E-state index is 6.36. The van der Waals surface area contributed by atoms with E-state index in [1.54, 1.807) is 6.20 Å². The Labute approximate surface area is 335 Å². The van der Waals surface area contributed by atoms with Crippen LogP contribution >= 0.6 is 0 Å². The molecule has 4 nitrogen and oxygen atoms in total. The number of fused-ring (bicyclic) bond motifs is 5. The zero-order valence-corrected chi connectivity index (χ0v) is 33.2. The zero-order chi connectivity index (χ0) is 39.1. The molecule has 8 aromatic rings. The number of anilines is 6. The summed E-state index contributed by atoms with van der Waals surface area (Å²) in [6.45, 7) is 11.4. The molecule has 0 spiro atoms. The number of hydrogen-bond acceptors (Lipinski definition) is 3. The van der Waals surface area contributed by atoms with Gasteiger partial charge in [-0.15, -0.1) is 0 Å². The highest BCUT2D eigenvalue weighted by atomic mass is 15.2. The first-order chi connectivity index (χ1) is 27.7. The molecule has 0 amide bonds. The highest BCUT2D eigenvalue weighted by Gasteiger charge is 2.39. The fourth-order valence-electron chi connectivity index (χ4n) is 9.68. The van der Waals surface area contributed by atoms with Crippen LogP contribution in [0.5, 0.6) is 0 Å². The smallest absolute Gasteiger partial charge is 0.0581 e. The number of hydrogen-bond donors (Lipinski definition) is 1. The zero-order valence-electron chi connectivity index (χ0n) is 33.2. The third-order valence-corrected chi connectivity index (χ3v) is 12.5. The van der Waals surface area contributed by atoms with Crippen LogP contribution in [-0.4, -0.2) is 4.57 Å². The summed E-state index contributed by atoms with van der Waals surface area (Å²) < 4.78 is 2.42. The standard InChI is InChI=1S/C53H46N4/c1-6-47-46(34-54)53(4,5)44-22-15-20-41-42-33-40(29-31-48(42)57(47)51(41)44)56-49-23-14-13-21-43(49)52(2,3)45-32-36(26-30-50(45)56)35-24-27-39(28-25-35)55(37-16-9-7-10-17-37)38-18-11-8-12-19-38/h6-34H,54H2,1-5H3/b46-34+,47-6+. The molecule has 0 unspecified atom stereocenters. The molecule has 4 heteroatoms. The predicted molar refractivity (Wildman–Crippen MR) is 242 cm³/mol. The molecule has 0 bridgehead atoms. The van der Waals surface area contributed by atoms with Gasteiger partial charge in [-0.1, -0.05) is 125 Å². The number of nitrogens with zero attached hydrogens (tertiary/aromatic N) is 3. The van der Waals surface area contributed by atoms with Crippen LogP contribution in [-0.2, 0) is 10.8 Å². The second-order valence-corrected chi connectivity index (χ2v) is 16.4. The van der Waals surface area contributed by atoms with Crippen molar-refractivity contribution in [1.82, 2.24) is 4.57 Å². The SMILES string of the molecule is C/C=C1\C(=C/N)C(C)(C)c2cccc3c4cc(N5c6ccccc6C(C)(C)c6cc(-c7ccc(N(c8ccccc8)c8ccccc8)cc7)ccc65)ccc4n1c23. The lowest BCUT2D eigenvalue weighted by Crippen LogP contribution is -2.30. The van der Waals surface area contributed by atoms with Gasteiger partial charge in [0.25, 0.3) is 0 Å². The minimum atomic E-state index is -0.221. The van der Waals surface area contributed by atoms with Gasteiger partial charge in [-0.25, -0.2) is 0 Å². The molecular formula is C53H46N4. The van der Waals surface area contributed by atoms with Crippen LogP contribution in [0.4, 0.5) is 34.1 Å². The molecule has 0 radical (unpaired) electrons. The van der Waals surface area contributed by atoms with Gasteiger partial charge in [-0.05, 0) is 108 Å². The van der Waals surface area contributed by atoms with Crippen LogP contribution in [0.25, 0.3) is 38.6 Å². The average molecular weight is 739 g/mol. The van der Waals surface area contributed by atoms with Crippen LogP contribution in [0.1, 0.15) is 51.3 Å². The van der Waals surface area contributed by atoms with E-state index >= 15 is 0 Å². The Morgan fingerprint density at radius 1 is 0.526 bits per heavy atom. The third kappa shape index (κ3) is 5.13. The van der Waals surface area contributed by atoms with E-state index < -0.39 is 0 Å². The van der Waals surface area contributed by atoms with E-state index in [-0.39, 0.29) is 10.8 Å². The summed E-state index contributed by atoms with van der Waals surface area (Å²) in [5.41, 5.74) is 23.9. The van der Waals surface area contributed by atoms with E-state index in [1.807, 2.05) is 0 Å². The lowest BCUT2D eigenvalue weighted by atomic mass is 9.73. The van der Waals surface area contributed by atoms with Crippen molar-refractivity contribution in [2.45, 2.75) is 45.4 Å². The molecule has 0 fully saturated rings. The first-order valence-electron chi connectivity index (χ1n) is 19.9. The molecule has 7 aromatic carbocycles. The van der Waals surface area contributed by atoms with Crippen LogP contribution in [0.15, 0.2) is 182 Å². The molecule has 2 aliphatic heterocycles. The Bertz CT molecular complexity index is 2870. The normalized spacial score (nSPS) is 16.5. The first-order valence-corrected chi connectivity index (χ1v) is 19.9. The van der Waals surface area contributed by atoms with Crippen molar-refractivity contribution in [2.75, 3.05) is 9.80 Å². The van der Waals surface area contributed by atoms with E-state index in [4.69, 9.17) is 5.73 Å². The third-order valence-electron chi connectivity index (χ3n) is 12.5. The number of para-hydroxylation sites is 4. The quantitative estimate of drug-likeness (QED) is 0.191. The van der Waals surface area contributed by atoms with Crippen LogP contribution < -0.4 is 15.5 Å². The summed E-state index contributed by atoms with van der Waals surface area (Å²) in [4.78, 5) is 4.78. The summed E-state index contributed by atoms with van der Waals surface area (Å²) >= 11 is 0. The lowest BCUT2D eigenvalue weighted by Gasteiger charge is -2.42. The predicted octanol–water partition coefficient (Wildman–Crippen LogP) is 14.0. The lowest BCUT2D eigenvalue weighted by molar-refractivity contribution is 0.629. The summed E-state index contributed by atoms with van der Waals surface area (Å²) in [5.74, 6) is 0.